The first-order chi connectivity index (χ1) is 9.99. The van der Waals surface area contributed by atoms with E-state index in [4.69, 9.17) is 0 Å². The van der Waals surface area contributed by atoms with Gasteiger partial charge in [-0.1, -0.05) is 6.07 Å². The summed E-state index contributed by atoms with van der Waals surface area (Å²) >= 11 is 1.60. The van der Waals surface area contributed by atoms with Crippen LogP contribution < -0.4 is 10.9 Å². The minimum atomic E-state index is -0.256. The first kappa shape index (κ1) is 15.3. The summed E-state index contributed by atoms with van der Waals surface area (Å²) in [6.45, 7) is 3.45. The lowest BCUT2D eigenvalue weighted by atomic mass is 10.1. The Morgan fingerprint density at radius 1 is 1.38 bits per heavy atom. The van der Waals surface area contributed by atoms with Crippen molar-refractivity contribution in [2.24, 2.45) is 0 Å². The van der Waals surface area contributed by atoms with E-state index in [1.54, 1.807) is 25.6 Å². The molecule has 110 valence electrons. The van der Waals surface area contributed by atoms with E-state index in [2.05, 4.69) is 15.3 Å². The molecular weight excluding hydrogens is 286 g/mol. The van der Waals surface area contributed by atoms with E-state index in [1.807, 2.05) is 30.5 Å². The second-order valence-electron chi connectivity index (χ2n) is 4.67. The number of nitrogens with one attached hydrogen (secondary N) is 2. The highest BCUT2D eigenvalue weighted by atomic mass is 32.2. The Morgan fingerprint density at radius 2 is 2.14 bits per heavy atom. The minimum Gasteiger partial charge on any atom is -0.326 e. The normalized spacial score (nSPS) is 10.4. The van der Waals surface area contributed by atoms with Crippen LogP contribution in [-0.4, -0.2) is 22.1 Å². The van der Waals surface area contributed by atoms with E-state index in [1.165, 1.54) is 0 Å². The molecule has 2 aromatic rings. The highest BCUT2D eigenvalue weighted by Gasteiger charge is 2.12. The van der Waals surface area contributed by atoms with Crippen LogP contribution in [0, 0.1) is 13.8 Å². The summed E-state index contributed by atoms with van der Waals surface area (Å²) in [6, 6.07) is 7.57. The van der Waals surface area contributed by atoms with Crippen LogP contribution in [-0.2, 0) is 11.2 Å². The number of carbonyl (C=O) groups excluding carboxylic acids is 1. The molecule has 0 fully saturated rings. The summed E-state index contributed by atoms with van der Waals surface area (Å²) in [5, 5.41) is 2.80. The van der Waals surface area contributed by atoms with Gasteiger partial charge >= 0.3 is 0 Å². The molecule has 2 N–H and O–H groups in total. The van der Waals surface area contributed by atoms with Crippen molar-refractivity contribution in [1.82, 2.24) is 9.97 Å². The molecule has 0 spiro atoms. The van der Waals surface area contributed by atoms with Crippen LogP contribution in [0.4, 0.5) is 5.69 Å². The van der Waals surface area contributed by atoms with Gasteiger partial charge < -0.3 is 10.3 Å². The van der Waals surface area contributed by atoms with Gasteiger partial charge in [-0.05, 0) is 38.3 Å². The predicted molar refractivity (Wildman–Crippen MR) is 84.9 cm³/mol. The van der Waals surface area contributed by atoms with E-state index in [9.17, 15) is 9.59 Å². The summed E-state index contributed by atoms with van der Waals surface area (Å²) in [6.07, 6.45) is 1.99. The fourth-order valence-electron chi connectivity index (χ4n) is 2.03. The van der Waals surface area contributed by atoms with Gasteiger partial charge in [0.2, 0.25) is 5.91 Å². The smallest absolute Gasteiger partial charge is 0.254 e. The number of hydrogen-bond donors (Lipinski definition) is 2. The molecule has 0 aliphatic heterocycles. The molecule has 0 bridgehead atoms. The van der Waals surface area contributed by atoms with Crippen molar-refractivity contribution in [2.75, 3.05) is 11.6 Å². The Morgan fingerprint density at radius 3 is 2.81 bits per heavy atom. The maximum Gasteiger partial charge on any atom is 0.254 e. The molecule has 2 rings (SSSR count). The third-order valence-corrected chi connectivity index (χ3v) is 3.76. The Balaban J connectivity index is 2.13. The molecule has 0 saturated heterocycles. The Labute approximate surface area is 127 Å². The van der Waals surface area contributed by atoms with Crippen molar-refractivity contribution >= 4 is 23.4 Å². The van der Waals surface area contributed by atoms with Crippen molar-refractivity contribution < 1.29 is 4.79 Å². The standard InChI is InChI=1S/C15H17N3O2S/c1-9-13(15(20)17-10(2)16-9)8-14(19)18-11-5-4-6-12(7-11)21-3/h4-7H,8H2,1-3H3,(H,18,19)(H,16,17,20). The van der Waals surface area contributed by atoms with E-state index in [-0.39, 0.29) is 17.9 Å². The Kier molecular flexibility index (Phi) is 4.80. The number of anilines is 1. The molecule has 0 unspecified atom stereocenters. The third kappa shape index (κ3) is 3.95. The molecule has 1 heterocycles. The second kappa shape index (κ2) is 6.58. The van der Waals surface area contributed by atoms with Crippen LogP contribution >= 0.6 is 11.8 Å². The fourth-order valence-corrected chi connectivity index (χ4v) is 2.49. The van der Waals surface area contributed by atoms with E-state index in [0.29, 0.717) is 17.1 Å². The zero-order valence-corrected chi connectivity index (χ0v) is 13.0. The van der Waals surface area contributed by atoms with Gasteiger partial charge in [-0.25, -0.2) is 4.98 Å². The zero-order valence-electron chi connectivity index (χ0n) is 12.2. The summed E-state index contributed by atoms with van der Waals surface area (Å²) in [4.78, 5) is 31.8. The number of aryl methyl sites for hydroxylation is 2. The maximum absolute atomic E-state index is 12.1. The molecular formula is C15H17N3O2S. The van der Waals surface area contributed by atoms with Crippen LogP contribution in [0.25, 0.3) is 0 Å². The summed E-state index contributed by atoms with van der Waals surface area (Å²) in [5.41, 5.74) is 1.46. The zero-order chi connectivity index (χ0) is 15.4. The van der Waals surface area contributed by atoms with E-state index < -0.39 is 0 Å². The van der Waals surface area contributed by atoms with Crippen molar-refractivity contribution in [3.8, 4) is 0 Å². The van der Waals surface area contributed by atoms with Crippen molar-refractivity contribution in [2.45, 2.75) is 25.2 Å². The number of thioether (sulfide) groups is 1. The molecule has 5 nitrogen and oxygen atoms in total. The number of H-pyrrole nitrogens is 1. The summed E-state index contributed by atoms with van der Waals surface area (Å²) in [5.74, 6) is 0.321. The number of rotatable bonds is 4. The van der Waals surface area contributed by atoms with Crippen LogP contribution in [0.1, 0.15) is 17.1 Å². The highest BCUT2D eigenvalue weighted by Crippen LogP contribution is 2.19. The summed E-state index contributed by atoms with van der Waals surface area (Å²) < 4.78 is 0. The molecule has 0 atom stereocenters. The van der Waals surface area contributed by atoms with Gasteiger partial charge in [-0.3, -0.25) is 9.59 Å². The van der Waals surface area contributed by atoms with Crippen LogP contribution in [0.5, 0.6) is 0 Å². The average Bonchev–Trinajstić information content (AvgIpc) is 2.43. The Hall–Kier alpha value is -2.08. The van der Waals surface area contributed by atoms with Crippen molar-refractivity contribution in [3.05, 3.63) is 51.7 Å². The molecule has 1 amide bonds. The lowest BCUT2D eigenvalue weighted by Gasteiger charge is -2.08. The number of carbonyl (C=O) groups is 1. The average molecular weight is 303 g/mol. The third-order valence-electron chi connectivity index (χ3n) is 3.03. The van der Waals surface area contributed by atoms with Crippen LogP contribution in [0.15, 0.2) is 34.0 Å². The van der Waals surface area contributed by atoms with Crippen LogP contribution in [0.2, 0.25) is 0 Å². The van der Waals surface area contributed by atoms with Gasteiger partial charge in [0.15, 0.2) is 0 Å². The fraction of sp³-hybridized carbons (Fsp3) is 0.267. The predicted octanol–water partition coefficient (Wildman–Crippen LogP) is 2.29. The first-order valence-corrected chi connectivity index (χ1v) is 7.72. The highest BCUT2D eigenvalue weighted by molar-refractivity contribution is 7.98. The second-order valence-corrected chi connectivity index (χ2v) is 5.55. The Bertz CT molecular complexity index is 725. The number of benzene rings is 1. The van der Waals surface area contributed by atoms with Gasteiger partial charge in [-0.15, -0.1) is 11.8 Å². The first-order valence-electron chi connectivity index (χ1n) is 6.50. The largest absolute Gasteiger partial charge is 0.326 e. The van der Waals surface area contributed by atoms with Crippen LogP contribution in [0.3, 0.4) is 0 Å². The molecule has 0 radical (unpaired) electrons. The SMILES string of the molecule is CSc1cccc(NC(=O)Cc2c(C)nc(C)[nH]c2=O)c1. The lowest BCUT2D eigenvalue weighted by molar-refractivity contribution is -0.115. The lowest BCUT2D eigenvalue weighted by Crippen LogP contribution is -2.24. The molecule has 0 aliphatic carbocycles. The van der Waals surface area contributed by atoms with Crippen molar-refractivity contribution in [1.29, 1.82) is 0 Å². The van der Waals surface area contributed by atoms with Gasteiger partial charge in [-0.2, -0.15) is 0 Å². The molecule has 21 heavy (non-hydrogen) atoms. The minimum absolute atomic E-state index is 0.0118. The van der Waals surface area contributed by atoms with E-state index in [0.717, 1.165) is 10.6 Å². The topological polar surface area (TPSA) is 74.8 Å². The number of amides is 1. The number of aromatic nitrogens is 2. The molecule has 0 aliphatic rings. The molecule has 0 saturated carbocycles. The van der Waals surface area contributed by atoms with E-state index >= 15 is 0 Å². The molecule has 1 aromatic carbocycles. The monoisotopic (exact) mass is 303 g/mol. The van der Waals surface area contributed by atoms with Crippen molar-refractivity contribution in [3.63, 3.8) is 0 Å². The molecule has 1 aromatic heterocycles. The number of aromatic amines is 1. The van der Waals surface area contributed by atoms with Gasteiger partial charge in [0.05, 0.1) is 6.42 Å². The maximum atomic E-state index is 12.1. The van der Waals surface area contributed by atoms with Gasteiger partial charge in [0, 0.05) is 21.8 Å². The molecule has 6 heteroatoms. The number of hydrogen-bond acceptors (Lipinski definition) is 4. The quantitative estimate of drug-likeness (QED) is 0.850. The number of nitrogens with zero attached hydrogens (tertiary/aromatic N) is 1. The van der Waals surface area contributed by atoms with Gasteiger partial charge in [0.25, 0.3) is 5.56 Å². The van der Waals surface area contributed by atoms with Gasteiger partial charge in [0.1, 0.15) is 5.82 Å². The summed E-state index contributed by atoms with van der Waals surface area (Å²) in [7, 11) is 0.